The van der Waals surface area contributed by atoms with Gasteiger partial charge in [0, 0.05) is 5.56 Å². The number of fused-ring (bicyclic) bond motifs is 1. The molecule has 0 aliphatic heterocycles. The van der Waals surface area contributed by atoms with Gasteiger partial charge < -0.3 is 15.6 Å². The maximum absolute atomic E-state index is 11.2. The Morgan fingerprint density at radius 2 is 1.73 bits per heavy atom. The van der Waals surface area contributed by atoms with Gasteiger partial charge in [0.25, 0.3) is 0 Å². The quantitative estimate of drug-likeness (QED) is 0.521. The third kappa shape index (κ3) is 3.12. The summed E-state index contributed by atoms with van der Waals surface area (Å²) in [4.78, 5) is 19.7. The maximum atomic E-state index is 11.2. The number of nitrogens with zero attached hydrogens (tertiary/aromatic N) is 4. The molecule has 1 fully saturated rings. The summed E-state index contributed by atoms with van der Waals surface area (Å²) in [5.74, 6) is 0.703. The minimum atomic E-state index is -0.772. The molecule has 4 aromatic rings. The normalized spacial score (nSPS) is 18.1. The summed E-state index contributed by atoms with van der Waals surface area (Å²) in [6, 6.07) is 17.1. The Kier molecular flexibility index (Phi) is 4.31. The van der Waals surface area contributed by atoms with Crippen LogP contribution in [-0.2, 0) is 4.79 Å². The van der Waals surface area contributed by atoms with Crippen molar-refractivity contribution in [2.75, 3.05) is 5.73 Å². The number of aliphatic carboxylic acids is 1. The van der Waals surface area contributed by atoms with Crippen molar-refractivity contribution in [1.82, 2.24) is 19.7 Å². The third-order valence-electron chi connectivity index (χ3n) is 5.43. The number of hydrogen-bond donors (Lipinski definition) is 2. The second-order valence-corrected chi connectivity index (χ2v) is 7.35. The second-order valence-electron chi connectivity index (χ2n) is 7.35. The predicted molar refractivity (Wildman–Crippen MR) is 111 cm³/mol. The number of hydrogen-bond acceptors (Lipinski definition) is 6. The number of nitrogen functional groups attached to an aromatic ring is 1. The predicted octanol–water partition coefficient (Wildman–Crippen LogP) is 3.90. The van der Waals surface area contributed by atoms with Crippen LogP contribution in [0.2, 0.25) is 0 Å². The summed E-state index contributed by atoms with van der Waals surface area (Å²) in [5, 5.41) is 14.6. The molecule has 8 heteroatoms. The van der Waals surface area contributed by atoms with E-state index in [4.69, 9.17) is 15.6 Å². The summed E-state index contributed by atoms with van der Waals surface area (Å²) >= 11 is 0. The van der Waals surface area contributed by atoms with Gasteiger partial charge in [-0.25, -0.2) is 14.6 Å². The summed E-state index contributed by atoms with van der Waals surface area (Å²) in [7, 11) is 0. The number of aromatic nitrogens is 4. The van der Waals surface area contributed by atoms with Crippen molar-refractivity contribution in [3.8, 4) is 22.8 Å². The van der Waals surface area contributed by atoms with Gasteiger partial charge >= 0.3 is 5.97 Å². The molecule has 2 aromatic heterocycles. The monoisotopic (exact) mass is 401 g/mol. The molecule has 0 amide bonds. The van der Waals surface area contributed by atoms with E-state index in [0.717, 1.165) is 11.3 Å². The van der Waals surface area contributed by atoms with Gasteiger partial charge in [0.15, 0.2) is 5.65 Å². The first-order valence-corrected chi connectivity index (χ1v) is 9.65. The number of carboxylic acids is 1. The fourth-order valence-electron chi connectivity index (χ4n) is 3.75. The molecule has 5 rings (SSSR count). The van der Waals surface area contributed by atoms with Crippen LogP contribution < -0.4 is 10.5 Å². The van der Waals surface area contributed by atoms with E-state index in [1.165, 1.54) is 6.33 Å². The molecule has 0 spiro atoms. The lowest BCUT2D eigenvalue weighted by Gasteiger charge is -2.32. The molecule has 2 aromatic carbocycles. The van der Waals surface area contributed by atoms with Crippen LogP contribution in [0.1, 0.15) is 18.9 Å². The lowest BCUT2D eigenvalue weighted by molar-refractivity contribution is -0.146. The van der Waals surface area contributed by atoms with Gasteiger partial charge in [-0.2, -0.15) is 5.10 Å². The molecule has 1 aliphatic carbocycles. The van der Waals surface area contributed by atoms with Crippen LogP contribution in [0.3, 0.4) is 0 Å². The first kappa shape index (κ1) is 18.1. The van der Waals surface area contributed by atoms with E-state index in [-0.39, 0.29) is 12.0 Å². The van der Waals surface area contributed by atoms with Crippen LogP contribution >= 0.6 is 0 Å². The number of nitrogens with two attached hydrogens (primary N) is 1. The smallest absolute Gasteiger partial charge is 0.306 e. The number of ether oxygens (including phenoxy) is 1. The van der Waals surface area contributed by atoms with Gasteiger partial charge in [0.2, 0.25) is 0 Å². The number of para-hydroxylation sites is 1. The Bertz CT molecular complexity index is 1220. The summed E-state index contributed by atoms with van der Waals surface area (Å²) in [5.41, 5.74) is 8.30. The summed E-state index contributed by atoms with van der Waals surface area (Å²) < 4.78 is 7.64. The fourth-order valence-corrected chi connectivity index (χ4v) is 3.75. The van der Waals surface area contributed by atoms with Crippen LogP contribution in [0, 0.1) is 5.92 Å². The van der Waals surface area contributed by atoms with E-state index in [0.29, 0.717) is 41.1 Å². The van der Waals surface area contributed by atoms with E-state index in [1.54, 1.807) is 4.68 Å². The molecule has 0 bridgehead atoms. The topological polar surface area (TPSA) is 116 Å². The highest BCUT2D eigenvalue weighted by Gasteiger charge is 2.37. The van der Waals surface area contributed by atoms with Gasteiger partial charge in [-0.15, -0.1) is 0 Å². The molecule has 0 atom stereocenters. The Morgan fingerprint density at radius 1 is 1.03 bits per heavy atom. The standard InChI is InChI=1S/C22H19N5O3/c23-20-18-19(13-6-8-17(9-7-13)30-16-4-2-1-3-5-16)26-27(21(18)25-12-24-20)15-10-14(11-15)22(28)29/h1-9,12,14-15H,10-11H2,(H,28,29)(H2,23,24,25). The van der Waals surface area contributed by atoms with Crippen molar-refractivity contribution < 1.29 is 14.6 Å². The molecular weight excluding hydrogens is 382 g/mol. The maximum Gasteiger partial charge on any atom is 0.306 e. The van der Waals surface area contributed by atoms with E-state index >= 15 is 0 Å². The highest BCUT2D eigenvalue weighted by Crippen LogP contribution is 2.41. The molecule has 30 heavy (non-hydrogen) atoms. The van der Waals surface area contributed by atoms with Crippen molar-refractivity contribution in [3.63, 3.8) is 0 Å². The fraction of sp³-hybridized carbons (Fsp3) is 0.182. The minimum absolute atomic E-state index is 0.0164. The SMILES string of the molecule is Nc1ncnc2c1c(-c1ccc(Oc3ccccc3)cc1)nn2C1CC(C(=O)O)C1. The number of anilines is 1. The van der Waals surface area contributed by atoms with Crippen LogP contribution in [0.4, 0.5) is 5.82 Å². The minimum Gasteiger partial charge on any atom is -0.481 e. The van der Waals surface area contributed by atoms with E-state index in [1.807, 2.05) is 54.6 Å². The van der Waals surface area contributed by atoms with Crippen molar-refractivity contribution >= 4 is 22.8 Å². The number of benzene rings is 2. The van der Waals surface area contributed by atoms with Crippen LogP contribution in [-0.4, -0.2) is 30.8 Å². The molecule has 3 N–H and O–H groups in total. The number of rotatable bonds is 5. The average molecular weight is 401 g/mol. The van der Waals surface area contributed by atoms with E-state index in [2.05, 4.69) is 9.97 Å². The number of carboxylic acid groups (broad SMARTS) is 1. The molecule has 2 heterocycles. The summed E-state index contributed by atoms with van der Waals surface area (Å²) in [6.45, 7) is 0. The highest BCUT2D eigenvalue weighted by atomic mass is 16.5. The molecule has 0 unspecified atom stereocenters. The van der Waals surface area contributed by atoms with E-state index < -0.39 is 5.97 Å². The van der Waals surface area contributed by atoms with Crippen molar-refractivity contribution in [1.29, 1.82) is 0 Å². The molecule has 0 saturated heterocycles. The molecule has 0 radical (unpaired) electrons. The lowest BCUT2D eigenvalue weighted by atomic mass is 9.80. The third-order valence-corrected chi connectivity index (χ3v) is 5.43. The van der Waals surface area contributed by atoms with Crippen molar-refractivity contribution in [2.45, 2.75) is 18.9 Å². The Morgan fingerprint density at radius 3 is 2.43 bits per heavy atom. The average Bonchev–Trinajstić information content (AvgIpc) is 3.09. The van der Waals surface area contributed by atoms with Crippen LogP contribution in [0.15, 0.2) is 60.9 Å². The van der Waals surface area contributed by atoms with E-state index in [9.17, 15) is 9.90 Å². The first-order valence-electron chi connectivity index (χ1n) is 9.65. The zero-order valence-corrected chi connectivity index (χ0v) is 16.0. The molecule has 1 aliphatic rings. The van der Waals surface area contributed by atoms with Crippen molar-refractivity contribution in [3.05, 3.63) is 60.9 Å². The lowest BCUT2D eigenvalue weighted by Crippen LogP contribution is -2.32. The first-order chi connectivity index (χ1) is 14.6. The molecule has 150 valence electrons. The van der Waals surface area contributed by atoms with Gasteiger partial charge in [-0.3, -0.25) is 4.79 Å². The van der Waals surface area contributed by atoms with Crippen LogP contribution in [0.5, 0.6) is 11.5 Å². The Labute approximate surface area is 172 Å². The van der Waals surface area contributed by atoms with Crippen LogP contribution in [0.25, 0.3) is 22.3 Å². The van der Waals surface area contributed by atoms with Gasteiger partial charge in [0.05, 0.1) is 17.3 Å². The van der Waals surface area contributed by atoms with Gasteiger partial charge in [0.1, 0.15) is 29.3 Å². The summed E-state index contributed by atoms with van der Waals surface area (Å²) in [6.07, 6.45) is 2.46. The zero-order chi connectivity index (χ0) is 20.7. The zero-order valence-electron chi connectivity index (χ0n) is 16.0. The highest BCUT2D eigenvalue weighted by molar-refractivity contribution is 5.98. The number of carbonyl (C=O) groups is 1. The Balaban J connectivity index is 1.49. The second kappa shape index (κ2) is 7.14. The molecule has 1 saturated carbocycles. The molecular formula is C22H19N5O3. The largest absolute Gasteiger partial charge is 0.481 e. The van der Waals surface area contributed by atoms with Gasteiger partial charge in [-0.05, 0) is 49.2 Å². The Hall–Kier alpha value is -3.94. The van der Waals surface area contributed by atoms with Crippen molar-refractivity contribution in [2.24, 2.45) is 5.92 Å². The van der Waals surface area contributed by atoms with Gasteiger partial charge in [-0.1, -0.05) is 18.2 Å². The molecule has 8 nitrogen and oxygen atoms in total.